The molecule has 1 aromatic rings. The van der Waals surface area contributed by atoms with Gasteiger partial charge in [-0.25, -0.2) is 9.97 Å². The standard InChI is InChI=1S/C12H19N3O/c1-13-9-10-5-6-14-12(15-10)8-11-4-2-3-7-16-11/h5-6,11,13H,2-4,7-9H2,1H3. The second kappa shape index (κ2) is 5.92. The normalized spacial score (nSPS) is 20.9. The molecule has 88 valence electrons. The van der Waals surface area contributed by atoms with Crippen LogP contribution in [0.1, 0.15) is 30.8 Å². The molecule has 1 aliphatic rings. The third kappa shape index (κ3) is 3.25. The number of aromatic nitrogens is 2. The monoisotopic (exact) mass is 221 g/mol. The van der Waals surface area contributed by atoms with Crippen molar-refractivity contribution in [3.05, 3.63) is 23.8 Å². The van der Waals surface area contributed by atoms with Crippen LogP contribution >= 0.6 is 0 Å². The van der Waals surface area contributed by atoms with E-state index in [1.807, 2.05) is 19.3 Å². The van der Waals surface area contributed by atoms with Crippen LogP contribution in [0.5, 0.6) is 0 Å². The predicted octanol–water partition coefficient (Wildman–Crippen LogP) is 1.31. The van der Waals surface area contributed by atoms with Gasteiger partial charge in [0.25, 0.3) is 0 Å². The van der Waals surface area contributed by atoms with E-state index in [2.05, 4.69) is 15.3 Å². The van der Waals surface area contributed by atoms with E-state index in [-0.39, 0.29) is 0 Å². The highest BCUT2D eigenvalue weighted by atomic mass is 16.5. The topological polar surface area (TPSA) is 47.0 Å². The molecule has 1 saturated heterocycles. The number of nitrogens with zero attached hydrogens (tertiary/aromatic N) is 2. The van der Waals surface area contributed by atoms with Gasteiger partial charge in [-0.05, 0) is 32.4 Å². The first kappa shape index (κ1) is 11.5. The van der Waals surface area contributed by atoms with Gasteiger partial charge in [-0.3, -0.25) is 0 Å². The van der Waals surface area contributed by atoms with Gasteiger partial charge in [0.15, 0.2) is 0 Å². The van der Waals surface area contributed by atoms with Gasteiger partial charge in [0.2, 0.25) is 0 Å². The second-order valence-electron chi connectivity index (χ2n) is 4.19. The first-order valence-electron chi connectivity index (χ1n) is 5.95. The van der Waals surface area contributed by atoms with Crippen LogP contribution in [0.3, 0.4) is 0 Å². The van der Waals surface area contributed by atoms with Crippen LogP contribution in [0, 0.1) is 0 Å². The summed E-state index contributed by atoms with van der Waals surface area (Å²) >= 11 is 0. The lowest BCUT2D eigenvalue weighted by Crippen LogP contribution is -2.22. The molecule has 1 fully saturated rings. The first-order chi connectivity index (χ1) is 7.88. The van der Waals surface area contributed by atoms with Gasteiger partial charge in [0.1, 0.15) is 5.82 Å². The van der Waals surface area contributed by atoms with E-state index in [0.29, 0.717) is 6.10 Å². The molecule has 16 heavy (non-hydrogen) atoms. The van der Waals surface area contributed by atoms with Gasteiger partial charge in [0.05, 0.1) is 11.8 Å². The van der Waals surface area contributed by atoms with Gasteiger partial charge in [-0.15, -0.1) is 0 Å². The van der Waals surface area contributed by atoms with Crippen molar-refractivity contribution in [2.45, 2.75) is 38.3 Å². The number of nitrogens with one attached hydrogen (secondary N) is 1. The highest BCUT2D eigenvalue weighted by Gasteiger charge is 2.15. The highest BCUT2D eigenvalue weighted by molar-refractivity contribution is 5.03. The Morgan fingerprint density at radius 2 is 2.44 bits per heavy atom. The molecule has 0 aliphatic carbocycles. The van der Waals surface area contributed by atoms with Crippen LogP contribution < -0.4 is 5.32 Å². The van der Waals surface area contributed by atoms with Gasteiger partial charge in [-0.1, -0.05) is 0 Å². The van der Waals surface area contributed by atoms with Gasteiger partial charge in [0, 0.05) is 25.8 Å². The van der Waals surface area contributed by atoms with Crippen molar-refractivity contribution in [2.24, 2.45) is 0 Å². The summed E-state index contributed by atoms with van der Waals surface area (Å²) < 4.78 is 5.69. The van der Waals surface area contributed by atoms with E-state index in [9.17, 15) is 0 Å². The molecule has 1 aliphatic heterocycles. The zero-order chi connectivity index (χ0) is 11.2. The number of ether oxygens (including phenoxy) is 1. The minimum atomic E-state index is 0.318. The van der Waals surface area contributed by atoms with Crippen LogP contribution in [0.25, 0.3) is 0 Å². The predicted molar refractivity (Wildman–Crippen MR) is 62.1 cm³/mol. The molecule has 0 amide bonds. The molecule has 0 bridgehead atoms. The lowest BCUT2D eigenvalue weighted by Gasteiger charge is -2.21. The Kier molecular flexibility index (Phi) is 4.25. The first-order valence-corrected chi connectivity index (χ1v) is 5.95. The van der Waals surface area contributed by atoms with Crippen molar-refractivity contribution in [3.8, 4) is 0 Å². The molecule has 1 N–H and O–H groups in total. The number of rotatable bonds is 4. The Morgan fingerprint density at radius 1 is 1.50 bits per heavy atom. The SMILES string of the molecule is CNCc1ccnc(CC2CCCCO2)n1. The molecular formula is C12H19N3O. The Balaban J connectivity index is 1.94. The van der Waals surface area contributed by atoms with Crippen LogP contribution in [-0.4, -0.2) is 29.7 Å². The van der Waals surface area contributed by atoms with Crippen molar-refractivity contribution in [3.63, 3.8) is 0 Å². The number of hydrogen-bond acceptors (Lipinski definition) is 4. The van der Waals surface area contributed by atoms with Crippen molar-refractivity contribution >= 4 is 0 Å². The molecule has 4 heteroatoms. The Bertz CT molecular complexity index is 324. The highest BCUT2D eigenvalue weighted by Crippen LogP contribution is 2.15. The van der Waals surface area contributed by atoms with Crippen molar-refractivity contribution < 1.29 is 4.74 Å². The molecule has 0 radical (unpaired) electrons. The average molecular weight is 221 g/mol. The summed E-state index contributed by atoms with van der Waals surface area (Å²) in [5.74, 6) is 0.902. The van der Waals surface area contributed by atoms with E-state index in [1.54, 1.807) is 0 Å². The lowest BCUT2D eigenvalue weighted by atomic mass is 10.1. The summed E-state index contributed by atoms with van der Waals surface area (Å²) in [5, 5.41) is 3.09. The summed E-state index contributed by atoms with van der Waals surface area (Å²) in [6, 6.07) is 1.95. The zero-order valence-corrected chi connectivity index (χ0v) is 9.78. The quantitative estimate of drug-likeness (QED) is 0.832. The molecule has 4 nitrogen and oxygen atoms in total. The molecular weight excluding hydrogens is 202 g/mol. The average Bonchev–Trinajstić information content (AvgIpc) is 2.31. The third-order valence-electron chi connectivity index (χ3n) is 2.81. The maximum absolute atomic E-state index is 5.69. The van der Waals surface area contributed by atoms with E-state index in [1.165, 1.54) is 12.8 Å². The minimum Gasteiger partial charge on any atom is -0.378 e. The maximum Gasteiger partial charge on any atom is 0.131 e. The van der Waals surface area contributed by atoms with E-state index in [4.69, 9.17) is 4.74 Å². The molecule has 0 aromatic carbocycles. The minimum absolute atomic E-state index is 0.318. The van der Waals surface area contributed by atoms with Gasteiger partial charge < -0.3 is 10.1 Å². The van der Waals surface area contributed by atoms with Crippen LogP contribution in [0.2, 0.25) is 0 Å². The molecule has 0 spiro atoms. The van der Waals surface area contributed by atoms with Crippen LogP contribution in [0.15, 0.2) is 12.3 Å². The summed E-state index contributed by atoms with van der Waals surface area (Å²) in [5.41, 5.74) is 1.04. The van der Waals surface area contributed by atoms with Crippen LogP contribution in [0.4, 0.5) is 0 Å². The Hall–Kier alpha value is -1.00. The van der Waals surface area contributed by atoms with E-state index < -0.39 is 0 Å². The Labute approximate surface area is 96.4 Å². The largest absolute Gasteiger partial charge is 0.378 e. The second-order valence-corrected chi connectivity index (χ2v) is 4.19. The third-order valence-corrected chi connectivity index (χ3v) is 2.81. The van der Waals surface area contributed by atoms with E-state index >= 15 is 0 Å². The van der Waals surface area contributed by atoms with Gasteiger partial charge in [-0.2, -0.15) is 0 Å². The molecule has 2 heterocycles. The molecule has 2 rings (SSSR count). The van der Waals surface area contributed by atoms with E-state index in [0.717, 1.165) is 37.5 Å². The van der Waals surface area contributed by atoms with Gasteiger partial charge >= 0.3 is 0 Å². The Morgan fingerprint density at radius 3 is 3.19 bits per heavy atom. The summed E-state index contributed by atoms with van der Waals surface area (Å²) in [6.45, 7) is 1.68. The van der Waals surface area contributed by atoms with Crippen LogP contribution in [-0.2, 0) is 17.7 Å². The zero-order valence-electron chi connectivity index (χ0n) is 9.78. The summed E-state index contributed by atoms with van der Waals surface area (Å²) in [4.78, 5) is 8.80. The molecule has 0 saturated carbocycles. The summed E-state index contributed by atoms with van der Waals surface area (Å²) in [7, 11) is 1.92. The fraction of sp³-hybridized carbons (Fsp3) is 0.667. The van der Waals surface area contributed by atoms with Crippen molar-refractivity contribution in [1.29, 1.82) is 0 Å². The fourth-order valence-electron chi connectivity index (χ4n) is 1.99. The fourth-order valence-corrected chi connectivity index (χ4v) is 1.99. The molecule has 1 atom stereocenters. The lowest BCUT2D eigenvalue weighted by molar-refractivity contribution is 0.0156. The number of hydrogen-bond donors (Lipinski definition) is 1. The molecule has 1 unspecified atom stereocenters. The summed E-state index contributed by atoms with van der Waals surface area (Å²) in [6.07, 6.45) is 6.59. The molecule has 1 aromatic heterocycles. The smallest absolute Gasteiger partial charge is 0.131 e. The maximum atomic E-state index is 5.69. The van der Waals surface area contributed by atoms with Crippen molar-refractivity contribution in [1.82, 2.24) is 15.3 Å². The van der Waals surface area contributed by atoms with Crippen molar-refractivity contribution in [2.75, 3.05) is 13.7 Å².